The molecular formula is C14H29N5O7. The fraction of sp³-hybridized carbons (Fsp3) is 0.929. The molecule has 2 rings (SSSR count). The number of aliphatic hydroxyl groups is 4. The Labute approximate surface area is 150 Å². The summed E-state index contributed by atoms with van der Waals surface area (Å²) in [6, 6.07) is -2.54. The number of hydrogen-bond acceptors (Lipinski definition) is 11. The van der Waals surface area contributed by atoms with Crippen molar-refractivity contribution < 1.29 is 34.7 Å². The highest BCUT2D eigenvalue weighted by Crippen LogP contribution is 2.27. The Kier molecular flexibility index (Phi) is 7.27. The Morgan fingerprint density at radius 3 is 2.31 bits per heavy atom. The first kappa shape index (κ1) is 21.4. The molecule has 1 aliphatic carbocycles. The van der Waals surface area contributed by atoms with Gasteiger partial charge in [0.1, 0.15) is 30.5 Å². The van der Waals surface area contributed by atoms with Gasteiger partial charge in [-0.25, -0.2) is 0 Å². The summed E-state index contributed by atoms with van der Waals surface area (Å²) in [4.78, 5) is 11.3. The summed E-state index contributed by atoms with van der Waals surface area (Å²) in [6.45, 7) is -0.375. The molecule has 13 N–H and O–H groups in total. The van der Waals surface area contributed by atoms with Crippen LogP contribution in [0, 0.1) is 0 Å². The van der Waals surface area contributed by atoms with E-state index >= 15 is 0 Å². The van der Waals surface area contributed by atoms with E-state index in [4.69, 9.17) is 32.4 Å². The van der Waals surface area contributed by atoms with Gasteiger partial charge in [-0.2, -0.15) is 0 Å². The van der Waals surface area contributed by atoms with Crippen LogP contribution in [0.2, 0.25) is 0 Å². The van der Waals surface area contributed by atoms with Gasteiger partial charge in [-0.05, 0) is 6.42 Å². The number of nitrogens with two attached hydrogens (primary N) is 4. The molecule has 0 unspecified atom stereocenters. The summed E-state index contributed by atoms with van der Waals surface area (Å²) >= 11 is 0. The molecule has 0 aromatic heterocycles. The van der Waals surface area contributed by atoms with Gasteiger partial charge < -0.3 is 58.2 Å². The number of carbonyl (C=O) groups excluding carboxylic acids is 1. The maximum Gasteiger partial charge on any atom is 0.233 e. The molecule has 10 atom stereocenters. The first-order chi connectivity index (χ1) is 12.2. The van der Waals surface area contributed by atoms with Crippen LogP contribution in [-0.2, 0) is 14.3 Å². The minimum absolute atomic E-state index is 0.131. The molecule has 12 nitrogen and oxygen atoms in total. The molecule has 2 fully saturated rings. The second-order valence-corrected chi connectivity index (χ2v) is 6.75. The van der Waals surface area contributed by atoms with Crippen LogP contribution in [0.15, 0.2) is 0 Å². The van der Waals surface area contributed by atoms with Crippen molar-refractivity contribution in [3.8, 4) is 0 Å². The number of hydrogen-bond donors (Lipinski definition) is 9. The monoisotopic (exact) mass is 379 g/mol. The average Bonchev–Trinajstić information content (AvgIpc) is 2.61. The SMILES string of the molecule is NCC(=O)NC[C@H]1O[C@H](O[C@H]2[C@H](O)[C@@H](O)[C@H](N)C[C@@H]2N)[C@H](N)[C@@H](O)[C@@H]1O. The predicted octanol–water partition coefficient (Wildman–Crippen LogP) is -6.00. The highest BCUT2D eigenvalue weighted by molar-refractivity contribution is 5.77. The van der Waals surface area contributed by atoms with Crippen molar-refractivity contribution in [3.63, 3.8) is 0 Å². The lowest BCUT2D eigenvalue weighted by Gasteiger charge is -2.45. The molecular weight excluding hydrogens is 350 g/mol. The Bertz CT molecular complexity index is 487. The fourth-order valence-electron chi connectivity index (χ4n) is 3.16. The third-order valence-electron chi connectivity index (χ3n) is 4.82. The molecule has 26 heavy (non-hydrogen) atoms. The van der Waals surface area contributed by atoms with Gasteiger partial charge in [-0.15, -0.1) is 0 Å². The van der Waals surface area contributed by atoms with Crippen molar-refractivity contribution in [3.05, 3.63) is 0 Å². The molecule has 2 aliphatic rings. The quantitative estimate of drug-likeness (QED) is 0.218. The second-order valence-electron chi connectivity index (χ2n) is 6.75. The summed E-state index contributed by atoms with van der Waals surface area (Å²) in [5.41, 5.74) is 22.7. The van der Waals surface area contributed by atoms with Gasteiger partial charge in [0.15, 0.2) is 6.29 Å². The Balaban J connectivity index is 2.05. The summed E-state index contributed by atoms with van der Waals surface area (Å²) in [7, 11) is 0. The van der Waals surface area contributed by atoms with Gasteiger partial charge in [0.05, 0.1) is 18.7 Å². The highest BCUT2D eigenvalue weighted by atomic mass is 16.7. The van der Waals surface area contributed by atoms with Crippen LogP contribution in [0.1, 0.15) is 6.42 Å². The van der Waals surface area contributed by atoms with Crippen molar-refractivity contribution in [2.45, 2.75) is 67.5 Å². The Hall–Kier alpha value is -0.930. The number of carbonyl (C=O) groups is 1. The lowest BCUT2D eigenvalue weighted by molar-refractivity contribution is -0.288. The van der Waals surface area contributed by atoms with Crippen molar-refractivity contribution in [2.75, 3.05) is 13.1 Å². The van der Waals surface area contributed by atoms with Crippen LogP contribution in [0.3, 0.4) is 0 Å². The molecule has 152 valence electrons. The summed E-state index contributed by atoms with van der Waals surface area (Å²) < 4.78 is 11.2. The van der Waals surface area contributed by atoms with E-state index in [1.165, 1.54) is 0 Å². The van der Waals surface area contributed by atoms with E-state index in [2.05, 4.69) is 5.32 Å². The number of rotatable bonds is 5. The van der Waals surface area contributed by atoms with E-state index in [-0.39, 0.29) is 19.5 Å². The van der Waals surface area contributed by atoms with Crippen LogP contribution >= 0.6 is 0 Å². The standard InChI is InChI=1S/C14H29N5O7/c15-2-7(20)19-3-6-10(22)11(23)8(18)14(25-6)26-13-5(17)1-4(16)9(21)12(13)24/h4-6,8-14,21-24H,1-3,15-18H2,(H,19,20)/t4-,5+,6-,8-,9+,10-,11-,12-,13-,14-/m1/s1. The van der Waals surface area contributed by atoms with Gasteiger partial charge in [-0.1, -0.05) is 0 Å². The summed E-state index contributed by atoms with van der Waals surface area (Å²) in [5.74, 6) is -0.468. The first-order valence-electron chi connectivity index (χ1n) is 8.44. The topological polar surface area (TPSA) is 233 Å². The number of amides is 1. The Morgan fingerprint density at radius 2 is 1.69 bits per heavy atom. The lowest BCUT2D eigenvalue weighted by atomic mass is 9.84. The van der Waals surface area contributed by atoms with Crippen LogP contribution in [0.4, 0.5) is 0 Å². The number of nitrogens with one attached hydrogen (secondary N) is 1. The maximum atomic E-state index is 11.3. The van der Waals surface area contributed by atoms with Gasteiger partial charge >= 0.3 is 0 Å². The van der Waals surface area contributed by atoms with Crippen LogP contribution in [0.5, 0.6) is 0 Å². The third-order valence-corrected chi connectivity index (χ3v) is 4.82. The molecule has 1 aliphatic heterocycles. The molecule has 1 saturated carbocycles. The molecule has 1 amide bonds. The minimum Gasteiger partial charge on any atom is -0.389 e. The number of aliphatic hydroxyl groups excluding tert-OH is 4. The van der Waals surface area contributed by atoms with E-state index in [0.717, 1.165) is 0 Å². The summed E-state index contributed by atoms with van der Waals surface area (Å²) in [6.07, 6.45) is -8.48. The van der Waals surface area contributed by atoms with Gasteiger partial charge in [0.2, 0.25) is 5.91 Å². The van der Waals surface area contributed by atoms with E-state index in [0.29, 0.717) is 0 Å². The van der Waals surface area contributed by atoms with Crippen LogP contribution in [-0.4, -0.2) is 100 Å². The smallest absolute Gasteiger partial charge is 0.233 e. The zero-order chi connectivity index (χ0) is 19.6. The van der Waals surface area contributed by atoms with Gasteiger partial charge in [-0.3, -0.25) is 4.79 Å². The van der Waals surface area contributed by atoms with Crippen LogP contribution < -0.4 is 28.3 Å². The van der Waals surface area contributed by atoms with Crippen molar-refractivity contribution in [1.29, 1.82) is 0 Å². The molecule has 0 aromatic rings. The minimum atomic E-state index is -1.40. The van der Waals surface area contributed by atoms with Crippen molar-refractivity contribution in [1.82, 2.24) is 5.32 Å². The largest absolute Gasteiger partial charge is 0.389 e. The molecule has 0 spiro atoms. The van der Waals surface area contributed by atoms with E-state index < -0.39 is 66.9 Å². The molecule has 1 heterocycles. The molecule has 0 radical (unpaired) electrons. The highest BCUT2D eigenvalue weighted by Gasteiger charge is 2.48. The lowest BCUT2D eigenvalue weighted by Crippen LogP contribution is -2.67. The van der Waals surface area contributed by atoms with Crippen molar-refractivity contribution >= 4 is 5.91 Å². The van der Waals surface area contributed by atoms with Gasteiger partial charge in [0.25, 0.3) is 0 Å². The molecule has 12 heteroatoms. The van der Waals surface area contributed by atoms with Crippen LogP contribution in [0.25, 0.3) is 0 Å². The maximum absolute atomic E-state index is 11.3. The number of ether oxygens (including phenoxy) is 2. The zero-order valence-corrected chi connectivity index (χ0v) is 14.2. The Morgan fingerprint density at radius 1 is 1.04 bits per heavy atom. The average molecular weight is 379 g/mol. The van der Waals surface area contributed by atoms with Crippen molar-refractivity contribution in [2.24, 2.45) is 22.9 Å². The summed E-state index contributed by atoms with van der Waals surface area (Å²) in [5, 5.41) is 42.7. The molecule has 0 aromatic carbocycles. The molecule has 1 saturated heterocycles. The molecule has 0 bridgehead atoms. The van der Waals surface area contributed by atoms with E-state index in [1.807, 2.05) is 0 Å². The zero-order valence-electron chi connectivity index (χ0n) is 14.2. The fourth-order valence-corrected chi connectivity index (χ4v) is 3.16. The normalized spacial score (nSPS) is 46.8. The third kappa shape index (κ3) is 4.48. The van der Waals surface area contributed by atoms with Gasteiger partial charge in [0, 0.05) is 18.6 Å². The predicted molar refractivity (Wildman–Crippen MR) is 88.2 cm³/mol. The first-order valence-corrected chi connectivity index (χ1v) is 8.44. The van der Waals surface area contributed by atoms with E-state index in [1.54, 1.807) is 0 Å². The second kappa shape index (κ2) is 8.84. The van der Waals surface area contributed by atoms with E-state index in [9.17, 15) is 25.2 Å².